The number of amides is 1. The molecule has 0 radical (unpaired) electrons. The third-order valence-electron chi connectivity index (χ3n) is 3.21. The van der Waals surface area contributed by atoms with Crippen molar-refractivity contribution in [2.75, 3.05) is 19.6 Å². The number of aliphatic hydroxyl groups excluding tert-OH is 1. The summed E-state index contributed by atoms with van der Waals surface area (Å²) in [6.07, 6.45) is 2.64. The van der Waals surface area contributed by atoms with Crippen LogP contribution in [0, 0.1) is 0 Å². The highest BCUT2D eigenvalue weighted by Crippen LogP contribution is 2.11. The van der Waals surface area contributed by atoms with Gasteiger partial charge in [-0.2, -0.15) is 0 Å². The minimum atomic E-state index is -0.602. The fraction of sp³-hybridized carbons (Fsp3) is 0.750. The lowest BCUT2D eigenvalue weighted by Crippen LogP contribution is -2.43. The zero-order chi connectivity index (χ0) is 17.6. The van der Waals surface area contributed by atoms with E-state index in [2.05, 4.69) is 10.3 Å². The number of carbonyl (C=O) groups excluding carboxylic acids is 1. The monoisotopic (exact) mass is 326 g/mol. The molecule has 0 bridgehead atoms. The number of hydrogen-bond donors (Lipinski definition) is 2. The average Bonchev–Trinajstić information content (AvgIpc) is 2.81. The van der Waals surface area contributed by atoms with Gasteiger partial charge in [-0.25, -0.2) is 9.78 Å². The van der Waals surface area contributed by atoms with Crippen LogP contribution in [0.2, 0.25) is 0 Å². The van der Waals surface area contributed by atoms with Crippen LogP contribution in [0.15, 0.2) is 12.4 Å². The summed E-state index contributed by atoms with van der Waals surface area (Å²) < 4.78 is 7.34. The summed E-state index contributed by atoms with van der Waals surface area (Å²) in [6.45, 7) is 10.4. The van der Waals surface area contributed by atoms with Crippen LogP contribution in [-0.4, -0.2) is 57.0 Å². The molecular weight excluding hydrogens is 296 g/mol. The first-order chi connectivity index (χ1) is 10.6. The molecule has 1 aromatic rings. The van der Waals surface area contributed by atoms with E-state index in [1.54, 1.807) is 13.1 Å². The van der Waals surface area contributed by atoms with Crippen LogP contribution < -0.4 is 5.32 Å². The van der Waals surface area contributed by atoms with Crippen molar-refractivity contribution in [2.24, 2.45) is 7.05 Å². The third kappa shape index (κ3) is 7.00. The lowest BCUT2D eigenvalue weighted by Gasteiger charge is -2.28. The molecule has 2 atom stereocenters. The lowest BCUT2D eigenvalue weighted by atomic mass is 10.2. The highest BCUT2D eigenvalue weighted by atomic mass is 16.6. The Hall–Kier alpha value is -1.60. The van der Waals surface area contributed by atoms with Gasteiger partial charge in [-0.1, -0.05) is 0 Å². The maximum atomic E-state index is 12.2. The van der Waals surface area contributed by atoms with Gasteiger partial charge in [-0.3, -0.25) is 0 Å². The van der Waals surface area contributed by atoms with Crippen LogP contribution in [0.3, 0.4) is 0 Å². The summed E-state index contributed by atoms with van der Waals surface area (Å²) in [7, 11) is 1.95. The molecule has 1 amide bonds. The number of nitrogens with one attached hydrogen (secondary N) is 1. The molecule has 0 saturated carbocycles. The van der Waals surface area contributed by atoms with Gasteiger partial charge in [0.25, 0.3) is 0 Å². The van der Waals surface area contributed by atoms with Gasteiger partial charge in [0, 0.05) is 39.1 Å². The molecule has 0 aliphatic heterocycles. The Morgan fingerprint density at radius 2 is 2.13 bits per heavy atom. The number of aromatic nitrogens is 2. The van der Waals surface area contributed by atoms with Crippen molar-refractivity contribution in [2.45, 2.75) is 52.4 Å². The van der Waals surface area contributed by atoms with Gasteiger partial charge in [0.15, 0.2) is 0 Å². The van der Waals surface area contributed by atoms with E-state index in [9.17, 15) is 9.90 Å². The standard InChI is InChI=1S/C16H30N4O3/c1-12(21)11-20(15(22)23-16(3,4)5)10-8-17-13(2)14-18-7-9-19(14)6/h7,9,12-13,17,21H,8,10-11H2,1-6H3. The van der Waals surface area contributed by atoms with Gasteiger partial charge < -0.3 is 24.6 Å². The van der Waals surface area contributed by atoms with E-state index in [0.717, 1.165) is 5.82 Å². The van der Waals surface area contributed by atoms with Gasteiger partial charge in [0.05, 0.1) is 12.1 Å². The zero-order valence-electron chi connectivity index (χ0n) is 15.0. The van der Waals surface area contributed by atoms with E-state index in [1.165, 1.54) is 4.90 Å². The molecule has 1 rings (SSSR count). The highest BCUT2D eigenvalue weighted by molar-refractivity contribution is 5.68. The molecular formula is C16H30N4O3. The Balaban J connectivity index is 2.54. The van der Waals surface area contributed by atoms with Crippen molar-refractivity contribution in [1.29, 1.82) is 0 Å². The minimum absolute atomic E-state index is 0.0713. The number of nitrogens with zero attached hydrogens (tertiary/aromatic N) is 3. The van der Waals surface area contributed by atoms with Crippen molar-refractivity contribution < 1.29 is 14.6 Å². The smallest absolute Gasteiger partial charge is 0.410 e. The predicted molar refractivity (Wildman–Crippen MR) is 89.1 cm³/mol. The first-order valence-corrected chi connectivity index (χ1v) is 7.96. The van der Waals surface area contributed by atoms with Crippen molar-refractivity contribution in [3.05, 3.63) is 18.2 Å². The van der Waals surface area contributed by atoms with E-state index in [1.807, 2.05) is 45.5 Å². The number of imidazole rings is 1. The molecule has 1 aromatic heterocycles. The largest absolute Gasteiger partial charge is 0.444 e. The number of aliphatic hydroxyl groups is 1. The van der Waals surface area contributed by atoms with Gasteiger partial charge in [0.2, 0.25) is 0 Å². The van der Waals surface area contributed by atoms with Crippen LogP contribution >= 0.6 is 0 Å². The fourth-order valence-electron chi connectivity index (χ4n) is 2.20. The second-order valence-corrected chi connectivity index (χ2v) is 6.85. The predicted octanol–water partition coefficient (Wildman–Crippen LogP) is 1.69. The number of hydrogen-bond acceptors (Lipinski definition) is 5. The summed E-state index contributed by atoms with van der Waals surface area (Å²) in [6, 6.07) is 0.0713. The van der Waals surface area contributed by atoms with Crippen LogP contribution in [0.5, 0.6) is 0 Å². The first kappa shape index (κ1) is 19.4. The molecule has 132 valence electrons. The molecule has 7 nitrogen and oxygen atoms in total. The van der Waals surface area contributed by atoms with Crippen molar-refractivity contribution in [3.8, 4) is 0 Å². The van der Waals surface area contributed by atoms with E-state index in [4.69, 9.17) is 4.74 Å². The normalized spacial score (nSPS) is 14.4. The van der Waals surface area contributed by atoms with E-state index >= 15 is 0 Å². The summed E-state index contributed by atoms with van der Waals surface area (Å²) in [5.41, 5.74) is -0.554. The molecule has 0 fully saturated rings. The Kier molecular flexibility index (Phi) is 7.02. The molecule has 0 aliphatic rings. The van der Waals surface area contributed by atoms with Gasteiger partial charge in [-0.15, -0.1) is 0 Å². The minimum Gasteiger partial charge on any atom is -0.444 e. The molecule has 7 heteroatoms. The number of carbonyl (C=O) groups is 1. The maximum absolute atomic E-state index is 12.2. The summed E-state index contributed by atoms with van der Waals surface area (Å²) in [4.78, 5) is 18.0. The van der Waals surface area contributed by atoms with E-state index < -0.39 is 17.8 Å². The van der Waals surface area contributed by atoms with Crippen molar-refractivity contribution in [3.63, 3.8) is 0 Å². The molecule has 0 aromatic carbocycles. The van der Waals surface area contributed by atoms with Gasteiger partial charge in [-0.05, 0) is 34.6 Å². The van der Waals surface area contributed by atoms with Gasteiger partial charge >= 0.3 is 6.09 Å². The molecule has 23 heavy (non-hydrogen) atoms. The quantitative estimate of drug-likeness (QED) is 0.797. The number of rotatable bonds is 7. The van der Waals surface area contributed by atoms with Crippen LogP contribution in [0.4, 0.5) is 4.79 Å². The molecule has 2 N–H and O–H groups in total. The van der Waals surface area contributed by atoms with Crippen LogP contribution in [0.25, 0.3) is 0 Å². The molecule has 0 spiro atoms. The molecule has 0 saturated heterocycles. The second kappa shape index (κ2) is 8.31. The second-order valence-electron chi connectivity index (χ2n) is 6.85. The summed E-state index contributed by atoms with van der Waals surface area (Å²) >= 11 is 0. The number of aryl methyl sites for hydroxylation is 1. The van der Waals surface area contributed by atoms with Gasteiger partial charge in [0.1, 0.15) is 11.4 Å². The summed E-state index contributed by atoms with van der Waals surface area (Å²) in [5, 5.41) is 12.9. The molecule has 1 heterocycles. The Morgan fingerprint density at radius 1 is 1.48 bits per heavy atom. The van der Waals surface area contributed by atoms with Crippen molar-refractivity contribution in [1.82, 2.24) is 19.8 Å². The fourth-order valence-corrected chi connectivity index (χ4v) is 2.20. The first-order valence-electron chi connectivity index (χ1n) is 7.96. The van der Waals surface area contributed by atoms with E-state index in [0.29, 0.717) is 13.1 Å². The SMILES string of the molecule is CC(O)CN(CCNC(C)c1nccn1C)C(=O)OC(C)(C)C. The van der Waals surface area contributed by atoms with Crippen molar-refractivity contribution >= 4 is 6.09 Å². The van der Waals surface area contributed by atoms with Crippen LogP contribution in [0.1, 0.15) is 46.5 Å². The average molecular weight is 326 g/mol. The Labute approximate surface area is 138 Å². The zero-order valence-corrected chi connectivity index (χ0v) is 15.0. The third-order valence-corrected chi connectivity index (χ3v) is 3.21. The summed E-state index contributed by atoms with van der Waals surface area (Å²) in [5.74, 6) is 0.935. The molecule has 0 aliphatic carbocycles. The highest BCUT2D eigenvalue weighted by Gasteiger charge is 2.23. The van der Waals surface area contributed by atoms with E-state index in [-0.39, 0.29) is 12.6 Å². The van der Waals surface area contributed by atoms with Crippen LogP contribution in [-0.2, 0) is 11.8 Å². The Bertz CT molecular complexity index is 494. The topological polar surface area (TPSA) is 79.6 Å². The molecule has 2 unspecified atom stereocenters. The maximum Gasteiger partial charge on any atom is 0.410 e. The number of ether oxygens (including phenoxy) is 1. The lowest BCUT2D eigenvalue weighted by molar-refractivity contribution is 0.0163. The Morgan fingerprint density at radius 3 is 2.61 bits per heavy atom.